The lowest BCUT2D eigenvalue weighted by Gasteiger charge is -2.03. The second-order valence-electron chi connectivity index (χ2n) is 3.43. The Labute approximate surface area is 121 Å². The molecule has 2 aromatic carbocycles. The summed E-state index contributed by atoms with van der Waals surface area (Å²) in [6.07, 6.45) is 0. The molecular weight excluding hydrogens is 338 g/mol. The normalized spacial score (nSPS) is 10.3. The van der Waals surface area contributed by atoms with Crippen LogP contribution in [0.1, 0.15) is 0 Å². The van der Waals surface area contributed by atoms with E-state index in [0.29, 0.717) is 5.02 Å². The molecule has 0 N–H and O–H groups in total. The van der Waals surface area contributed by atoms with Gasteiger partial charge in [0.15, 0.2) is 0 Å². The molecule has 0 heterocycles. The van der Waals surface area contributed by atoms with Gasteiger partial charge in [-0.2, -0.15) is 0 Å². The second kappa shape index (κ2) is 5.73. The highest BCUT2D eigenvalue weighted by atomic mass is 79.9. The van der Waals surface area contributed by atoms with Gasteiger partial charge in [0.1, 0.15) is 0 Å². The quantitative estimate of drug-likeness (QED) is 0.570. The van der Waals surface area contributed by atoms with Crippen molar-refractivity contribution in [3.05, 3.63) is 62.1 Å². The van der Waals surface area contributed by atoms with Crippen LogP contribution in [-0.2, 0) is 0 Å². The fraction of sp³-hybridized carbons (Fsp3) is 0. The number of nitro groups is 1. The number of rotatable bonds is 3. The van der Waals surface area contributed by atoms with Gasteiger partial charge in [-0.25, -0.2) is 0 Å². The summed E-state index contributed by atoms with van der Waals surface area (Å²) < 4.78 is 0.845. The third-order valence-corrected chi connectivity index (χ3v) is 4.40. The van der Waals surface area contributed by atoms with Crippen LogP contribution in [-0.4, -0.2) is 4.92 Å². The SMILES string of the molecule is O=[N+]([O-])c1ccc(Sc2ccc(Br)c(Cl)c2)cc1. The van der Waals surface area contributed by atoms with Crippen LogP contribution in [0.5, 0.6) is 0 Å². The fourth-order valence-electron chi connectivity index (χ4n) is 1.31. The van der Waals surface area contributed by atoms with Crippen LogP contribution < -0.4 is 0 Å². The van der Waals surface area contributed by atoms with Crippen molar-refractivity contribution in [2.45, 2.75) is 9.79 Å². The van der Waals surface area contributed by atoms with Gasteiger partial charge >= 0.3 is 0 Å². The first-order chi connectivity index (χ1) is 8.56. The zero-order valence-electron chi connectivity index (χ0n) is 8.97. The minimum Gasteiger partial charge on any atom is -0.258 e. The largest absolute Gasteiger partial charge is 0.269 e. The van der Waals surface area contributed by atoms with Crippen molar-refractivity contribution in [2.24, 2.45) is 0 Å². The van der Waals surface area contributed by atoms with Gasteiger partial charge < -0.3 is 0 Å². The number of hydrogen-bond donors (Lipinski definition) is 0. The standard InChI is InChI=1S/C12H7BrClNO2S/c13-11-6-5-10(7-12(11)14)18-9-3-1-8(2-4-9)15(16)17/h1-7H. The minimum atomic E-state index is -0.412. The lowest BCUT2D eigenvalue weighted by atomic mass is 10.3. The third kappa shape index (κ3) is 3.25. The van der Waals surface area contributed by atoms with E-state index in [0.717, 1.165) is 14.3 Å². The molecule has 0 aromatic heterocycles. The molecule has 0 radical (unpaired) electrons. The highest BCUT2D eigenvalue weighted by Crippen LogP contribution is 2.33. The van der Waals surface area contributed by atoms with Crippen LogP contribution in [0.4, 0.5) is 5.69 Å². The first-order valence-electron chi connectivity index (χ1n) is 4.93. The Bertz CT molecular complexity index is 589. The number of benzene rings is 2. The molecule has 6 heteroatoms. The summed E-state index contributed by atoms with van der Waals surface area (Å²) in [6, 6.07) is 12.1. The molecule has 0 bridgehead atoms. The van der Waals surface area contributed by atoms with Gasteiger partial charge in [-0.3, -0.25) is 10.1 Å². The van der Waals surface area contributed by atoms with Gasteiger partial charge in [-0.1, -0.05) is 23.4 Å². The topological polar surface area (TPSA) is 43.1 Å². The van der Waals surface area contributed by atoms with Gasteiger partial charge in [0, 0.05) is 26.4 Å². The van der Waals surface area contributed by atoms with Crippen LogP contribution in [0.25, 0.3) is 0 Å². The predicted molar refractivity (Wildman–Crippen MR) is 76.4 cm³/mol. The van der Waals surface area contributed by atoms with Crippen molar-refractivity contribution in [3.63, 3.8) is 0 Å². The maximum absolute atomic E-state index is 10.5. The van der Waals surface area contributed by atoms with E-state index in [9.17, 15) is 10.1 Å². The van der Waals surface area contributed by atoms with Crippen LogP contribution in [0.15, 0.2) is 56.7 Å². The van der Waals surface area contributed by atoms with Gasteiger partial charge in [-0.15, -0.1) is 0 Å². The molecule has 0 fully saturated rings. The molecule has 3 nitrogen and oxygen atoms in total. The highest BCUT2D eigenvalue weighted by Gasteiger charge is 2.05. The molecule has 2 rings (SSSR count). The summed E-state index contributed by atoms with van der Waals surface area (Å²) >= 11 is 10.8. The van der Waals surface area contributed by atoms with E-state index in [-0.39, 0.29) is 5.69 Å². The van der Waals surface area contributed by atoms with Gasteiger partial charge in [0.25, 0.3) is 5.69 Å². The predicted octanol–water partition coefficient (Wildman–Crippen LogP) is 5.16. The van der Waals surface area contributed by atoms with E-state index in [1.165, 1.54) is 23.9 Å². The summed E-state index contributed by atoms with van der Waals surface area (Å²) in [5, 5.41) is 11.2. The Kier molecular flexibility index (Phi) is 4.27. The second-order valence-corrected chi connectivity index (χ2v) is 5.84. The Hall–Kier alpha value is -1.04. The van der Waals surface area contributed by atoms with E-state index in [1.807, 2.05) is 18.2 Å². The zero-order valence-corrected chi connectivity index (χ0v) is 12.1. The van der Waals surface area contributed by atoms with Crippen molar-refractivity contribution in [1.82, 2.24) is 0 Å². The van der Waals surface area contributed by atoms with Gasteiger partial charge in [-0.05, 0) is 46.3 Å². The van der Waals surface area contributed by atoms with Crippen LogP contribution in [0, 0.1) is 10.1 Å². The van der Waals surface area contributed by atoms with Crippen molar-refractivity contribution in [1.29, 1.82) is 0 Å². The average Bonchev–Trinajstić information content (AvgIpc) is 2.34. The van der Waals surface area contributed by atoms with Crippen molar-refractivity contribution in [3.8, 4) is 0 Å². The summed E-state index contributed by atoms with van der Waals surface area (Å²) in [5.41, 5.74) is 0.0909. The first kappa shape index (κ1) is 13.4. The lowest BCUT2D eigenvalue weighted by Crippen LogP contribution is -1.86. The highest BCUT2D eigenvalue weighted by molar-refractivity contribution is 9.10. The molecule has 0 amide bonds. The Morgan fingerprint density at radius 3 is 2.28 bits per heavy atom. The van der Waals surface area contributed by atoms with E-state index in [1.54, 1.807) is 12.1 Å². The smallest absolute Gasteiger partial charge is 0.258 e. The number of nitro benzene ring substituents is 1. The number of halogens is 2. The monoisotopic (exact) mass is 343 g/mol. The van der Waals surface area contributed by atoms with Gasteiger partial charge in [0.2, 0.25) is 0 Å². The van der Waals surface area contributed by atoms with Gasteiger partial charge in [0.05, 0.1) is 9.95 Å². The minimum absolute atomic E-state index is 0.0909. The molecule has 0 aliphatic carbocycles. The molecule has 0 aliphatic heterocycles. The lowest BCUT2D eigenvalue weighted by molar-refractivity contribution is -0.384. The molecule has 0 unspecified atom stereocenters. The first-order valence-corrected chi connectivity index (χ1v) is 6.92. The molecule has 0 saturated carbocycles. The molecule has 18 heavy (non-hydrogen) atoms. The van der Waals surface area contributed by atoms with Crippen molar-refractivity contribution < 1.29 is 4.92 Å². The van der Waals surface area contributed by atoms with Crippen LogP contribution in [0.2, 0.25) is 5.02 Å². The molecule has 92 valence electrons. The summed E-state index contributed by atoms with van der Waals surface area (Å²) in [4.78, 5) is 12.0. The van der Waals surface area contributed by atoms with E-state index < -0.39 is 4.92 Å². The number of nitrogens with zero attached hydrogens (tertiary/aromatic N) is 1. The molecule has 2 aromatic rings. The van der Waals surface area contributed by atoms with E-state index >= 15 is 0 Å². The molecule has 0 spiro atoms. The van der Waals surface area contributed by atoms with Crippen LogP contribution >= 0.6 is 39.3 Å². The Morgan fingerprint density at radius 1 is 1.11 bits per heavy atom. The molecule has 0 atom stereocenters. The number of non-ortho nitro benzene ring substituents is 1. The van der Waals surface area contributed by atoms with E-state index in [4.69, 9.17) is 11.6 Å². The summed E-state index contributed by atoms with van der Waals surface area (Å²) in [5.74, 6) is 0. The maximum atomic E-state index is 10.5. The zero-order chi connectivity index (χ0) is 13.1. The van der Waals surface area contributed by atoms with E-state index in [2.05, 4.69) is 15.9 Å². The molecule has 0 saturated heterocycles. The maximum Gasteiger partial charge on any atom is 0.269 e. The van der Waals surface area contributed by atoms with Crippen molar-refractivity contribution in [2.75, 3.05) is 0 Å². The van der Waals surface area contributed by atoms with Crippen LogP contribution in [0.3, 0.4) is 0 Å². The molecule has 0 aliphatic rings. The number of hydrogen-bond acceptors (Lipinski definition) is 3. The van der Waals surface area contributed by atoms with Crippen molar-refractivity contribution >= 4 is 45.0 Å². The fourth-order valence-corrected chi connectivity index (χ4v) is 2.66. The molecular formula is C12H7BrClNO2S. The Morgan fingerprint density at radius 2 is 1.72 bits per heavy atom. The summed E-state index contributed by atoms with van der Waals surface area (Å²) in [7, 11) is 0. The Balaban J connectivity index is 2.18. The third-order valence-electron chi connectivity index (χ3n) is 2.17. The average molecular weight is 345 g/mol. The summed E-state index contributed by atoms with van der Waals surface area (Å²) in [6.45, 7) is 0.